The number of nitrogens with zero attached hydrogens (tertiary/aromatic N) is 3. The Balaban J connectivity index is 1.61. The summed E-state index contributed by atoms with van der Waals surface area (Å²) in [5.41, 5.74) is 5.70. The topological polar surface area (TPSA) is 49.6 Å². The van der Waals surface area contributed by atoms with Gasteiger partial charge in [-0.1, -0.05) is 60.7 Å². The van der Waals surface area contributed by atoms with Crippen LogP contribution in [0.3, 0.4) is 0 Å². The predicted molar refractivity (Wildman–Crippen MR) is 111 cm³/mol. The van der Waals surface area contributed by atoms with Crippen LogP contribution in [0.4, 0.5) is 0 Å². The van der Waals surface area contributed by atoms with Crippen LogP contribution in [0.5, 0.6) is 0 Å². The highest BCUT2D eigenvalue weighted by Gasteiger charge is 2.09. The van der Waals surface area contributed by atoms with Gasteiger partial charge in [0, 0.05) is 23.3 Å². The Morgan fingerprint density at radius 3 is 2.33 bits per heavy atom. The maximum absolute atomic E-state index is 9.51. The van der Waals surface area contributed by atoms with Crippen molar-refractivity contribution in [1.29, 1.82) is 5.26 Å². The second kappa shape index (κ2) is 7.77. The SMILES string of the molecule is N#C/C(=C/c1cccnc1)c1nc(-c2ccc(-c3ccccc3)cc2)cs1. The lowest BCUT2D eigenvalue weighted by Crippen LogP contribution is -1.84. The molecule has 0 spiro atoms. The molecule has 0 saturated heterocycles. The molecule has 4 heteroatoms. The molecule has 0 amide bonds. The van der Waals surface area contributed by atoms with Crippen molar-refractivity contribution in [2.45, 2.75) is 0 Å². The van der Waals surface area contributed by atoms with E-state index in [4.69, 9.17) is 0 Å². The van der Waals surface area contributed by atoms with Crippen LogP contribution in [0, 0.1) is 11.3 Å². The maximum Gasteiger partial charge on any atom is 0.134 e. The molecule has 27 heavy (non-hydrogen) atoms. The fourth-order valence-corrected chi connectivity index (χ4v) is 3.56. The van der Waals surface area contributed by atoms with Crippen LogP contribution in [-0.4, -0.2) is 9.97 Å². The Bertz CT molecular complexity index is 1110. The molecule has 0 saturated carbocycles. The minimum absolute atomic E-state index is 0.542. The van der Waals surface area contributed by atoms with Gasteiger partial charge in [-0.25, -0.2) is 4.98 Å². The van der Waals surface area contributed by atoms with Crippen molar-refractivity contribution >= 4 is 23.0 Å². The van der Waals surface area contributed by atoms with Crippen molar-refractivity contribution in [3.05, 3.63) is 95.1 Å². The van der Waals surface area contributed by atoms with Gasteiger partial charge in [0.1, 0.15) is 11.1 Å². The first kappa shape index (κ1) is 16.9. The second-order valence-electron chi connectivity index (χ2n) is 5.94. The fraction of sp³-hybridized carbons (Fsp3) is 0. The number of rotatable bonds is 4. The average Bonchev–Trinajstić information content (AvgIpc) is 3.23. The van der Waals surface area contributed by atoms with E-state index in [1.165, 1.54) is 22.5 Å². The van der Waals surface area contributed by atoms with Gasteiger partial charge in [-0.2, -0.15) is 5.26 Å². The molecule has 0 bridgehead atoms. The van der Waals surface area contributed by atoms with Crippen molar-refractivity contribution < 1.29 is 0 Å². The first-order chi connectivity index (χ1) is 13.3. The van der Waals surface area contributed by atoms with Crippen LogP contribution in [0.2, 0.25) is 0 Å². The average molecular weight is 365 g/mol. The summed E-state index contributed by atoms with van der Waals surface area (Å²) in [4.78, 5) is 8.74. The van der Waals surface area contributed by atoms with Crippen LogP contribution >= 0.6 is 11.3 Å². The molecule has 0 atom stereocenters. The molecular formula is C23H15N3S. The van der Waals surface area contributed by atoms with Crippen molar-refractivity contribution in [3.8, 4) is 28.5 Å². The maximum atomic E-state index is 9.51. The lowest BCUT2D eigenvalue weighted by molar-refractivity contribution is 1.32. The molecule has 0 fully saturated rings. The quantitative estimate of drug-likeness (QED) is 0.421. The lowest BCUT2D eigenvalue weighted by atomic mass is 10.0. The Morgan fingerprint density at radius 2 is 1.63 bits per heavy atom. The van der Waals surface area contributed by atoms with Gasteiger partial charge in [-0.15, -0.1) is 11.3 Å². The number of hydrogen-bond acceptors (Lipinski definition) is 4. The van der Waals surface area contributed by atoms with Crippen LogP contribution in [-0.2, 0) is 0 Å². The van der Waals surface area contributed by atoms with Crippen molar-refractivity contribution in [1.82, 2.24) is 9.97 Å². The highest BCUT2D eigenvalue weighted by molar-refractivity contribution is 7.11. The third-order valence-electron chi connectivity index (χ3n) is 4.14. The molecule has 0 aliphatic carbocycles. The van der Waals surface area contributed by atoms with E-state index in [9.17, 15) is 5.26 Å². The summed E-state index contributed by atoms with van der Waals surface area (Å²) < 4.78 is 0. The van der Waals surface area contributed by atoms with E-state index in [1.54, 1.807) is 12.4 Å². The smallest absolute Gasteiger partial charge is 0.134 e. The molecule has 3 nitrogen and oxygen atoms in total. The van der Waals surface area contributed by atoms with Gasteiger partial charge in [-0.05, 0) is 28.8 Å². The minimum Gasteiger partial charge on any atom is -0.264 e. The monoisotopic (exact) mass is 365 g/mol. The van der Waals surface area contributed by atoms with Gasteiger partial charge in [-0.3, -0.25) is 4.98 Å². The fourth-order valence-electron chi connectivity index (χ4n) is 2.76. The van der Waals surface area contributed by atoms with Gasteiger partial charge in [0.25, 0.3) is 0 Å². The molecule has 0 N–H and O–H groups in total. The number of aromatic nitrogens is 2. The third kappa shape index (κ3) is 3.84. The second-order valence-corrected chi connectivity index (χ2v) is 6.80. The number of benzene rings is 2. The first-order valence-electron chi connectivity index (χ1n) is 8.47. The molecule has 128 valence electrons. The van der Waals surface area contributed by atoms with Crippen molar-refractivity contribution in [2.24, 2.45) is 0 Å². The van der Waals surface area contributed by atoms with Crippen molar-refractivity contribution in [3.63, 3.8) is 0 Å². The summed E-state index contributed by atoms with van der Waals surface area (Å²) >= 11 is 1.47. The molecule has 0 aliphatic rings. The highest BCUT2D eigenvalue weighted by atomic mass is 32.1. The zero-order chi connectivity index (χ0) is 18.5. The van der Waals surface area contributed by atoms with Gasteiger partial charge >= 0.3 is 0 Å². The summed E-state index contributed by atoms with van der Waals surface area (Å²) in [5.74, 6) is 0. The molecule has 0 radical (unpaired) electrons. The Morgan fingerprint density at radius 1 is 0.889 bits per heavy atom. The summed E-state index contributed by atoms with van der Waals surface area (Å²) in [5, 5.41) is 12.2. The Kier molecular flexibility index (Phi) is 4.86. The molecule has 0 unspecified atom stereocenters. The normalized spacial score (nSPS) is 11.1. The molecule has 0 aliphatic heterocycles. The lowest BCUT2D eigenvalue weighted by Gasteiger charge is -2.02. The zero-order valence-corrected chi connectivity index (χ0v) is 15.2. The zero-order valence-electron chi connectivity index (χ0n) is 14.4. The summed E-state index contributed by atoms with van der Waals surface area (Å²) in [6.45, 7) is 0. The minimum atomic E-state index is 0.542. The molecule has 2 aromatic carbocycles. The molecule has 2 heterocycles. The molecule has 4 rings (SSSR count). The molecule has 2 aromatic heterocycles. The van der Waals surface area contributed by atoms with Gasteiger partial charge < -0.3 is 0 Å². The van der Waals surface area contributed by atoms with E-state index in [0.717, 1.165) is 16.8 Å². The number of thiazole rings is 1. The number of hydrogen-bond donors (Lipinski definition) is 0. The highest BCUT2D eigenvalue weighted by Crippen LogP contribution is 2.29. The van der Waals surface area contributed by atoms with E-state index >= 15 is 0 Å². The van der Waals surface area contributed by atoms with E-state index in [1.807, 2.05) is 41.8 Å². The summed E-state index contributed by atoms with van der Waals surface area (Å²) in [6, 6.07) is 24.6. The van der Waals surface area contributed by atoms with Gasteiger partial charge in [0.15, 0.2) is 0 Å². The Hall–Kier alpha value is -3.55. The van der Waals surface area contributed by atoms with E-state index < -0.39 is 0 Å². The van der Waals surface area contributed by atoms with Gasteiger partial charge in [0.05, 0.1) is 11.3 Å². The summed E-state index contributed by atoms with van der Waals surface area (Å²) in [7, 11) is 0. The van der Waals surface area contributed by atoms with E-state index in [-0.39, 0.29) is 0 Å². The molecular weight excluding hydrogens is 350 g/mol. The van der Waals surface area contributed by atoms with Crippen LogP contribution in [0.15, 0.2) is 84.5 Å². The van der Waals surface area contributed by atoms with Crippen LogP contribution in [0.1, 0.15) is 10.6 Å². The molecule has 4 aromatic rings. The van der Waals surface area contributed by atoms with Gasteiger partial charge in [0.2, 0.25) is 0 Å². The van der Waals surface area contributed by atoms with Crippen molar-refractivity contribution in [2.75, 3.05) is 0 Å². The largest absolute Gasteiger partial charge is 0.264 e. The number of allylic oxidation sites excluding steroid dienone is 1. The third-order valence-corrected chi connectivity index (χ3v) is 5.01. The standard InChI is InChI=1S/C23H15N3S/c24-14-21(13-17-5-4-12-25-15-17)23-26-22(16-27-23)20-10-8-19(9-11-20)18-6-2-1-3-7-18/h1-13,15-16H/b21-13-. The first-order valence-corrected chi connectivity index (χ1v) is 9.35. The van der Waals surface area contributed by atoms with Crippen LogP contribution in [0.25, 0.3) is 34.0 Å². The number of nitriles is 1. The van der Waals surface area contributed by atoms with E-state index in [2.05, 4.69) is 52.4 Å². The van der Waals surface area contributed by atoms with E-state index in [0.29, 0.717) is 10.6 Å². The van der Waals surface area contributed by atoms with Crippen LogP contribution < -0.4 is 0 Å². The summed E-state index contributed by atoms with van der Waals surface area (Å²) in [6.07, 6.45) is 5.26. The Labute approximate surface area is 161 Å². The number of pyridine rings is 1. The predicted octanol–water partition coefficient (Wildman–Crippen LogP) is 5.94.